The van der Waals surface area contributed by atoms with E-state index in [9.17, 15) is 0 Å². The summed E-state index contributed by atoms with van der Waals surface area (Å²) in [5.41, 5.74) is -5.91. The Labute approximate surface area is 696 Å². The quantitative estimate of drug-likeness (QED) is 0.135. The first-order valence-corrected chi connectivity index (χ1v) is 158. The second-order valence-corrected chi connectivity index (χ2v) is 361. The summed E-state index contributed by atoms with van der Waals surface area (Å²) in [4.78, 5) is 1.51. The van der Waals surface area contributed by atoms with E-state index in [1.165, 1.54) is 35.6 Å². The van der Waals surface area contributed by atoms with Gasteiger partial charge in [-0.2, -0.15) is 122 Å². The van der Waals surface area contributed by atoms with E-state index in [1.807, 2.05) is 37.4 Å². The smallest absolute Gasteiger partial charge is 0.172 e. The zero-order chi connectivity index (χ0) is 72.6. The van der Waals surface area contributed by atoms with Gasteiger partial charge in [-0.05, 0) is 70.8 Å². The summed E-state index contributed by atoms with van der Waals surface area (Å²) in [6.07, 6.45) is -5.85. The normalized spacial score (nSPS) is 51.5. The standard InChI is InChI=1S/C9H36Si9.C8H30Si7.C7H26Si6.C4H10Cl6Si4.C4H10Cl4Si3.C3H8Cl10Si6/c1-12-16(5)9(11)15(4,8-10)17(6,13-2)18(16,7)14-3;1-11-14(4)6-8(10)13(3,7-9)15(14,5)12-2;1-10-13(4)5-7(9)12(3,6-8)11(13)2;1-11(5)3-4-12(2,6)14(11,10)13(7,8)9;1-9(5)3-4-10(2,6)11(9,7)8;1-14(4)3-16(6,17(7,8)9)15(2,5)19(14,13)18(10,11)12/h9H,8,12-14H2,1-7,10-11H3;8H,6-7,11-12H2,1-5,9-10H3;7,11H,5-6,10H2,1-4,8-9H3;3-4H2,1-2H3;3-4H2,1-2H3;3H2,1-2H3. The van der Waals surface area contributed by atoms with E-state index in [1.54, 1.807) is 58.9 Å². The zero-order valence-electron chi connectivity index (χ0n) is 60.2. The maximum Gasteiger partial charge on any atom is 0.340 e. The lowest BCUT2D eigenvalue weighted by atomic mass is 10.9. The molecule has 0 saturated carbocycles. The molecule has 6 heterocycles. The van der Waals surface area contributed by atoms with E-state index in [0.29, 0.717) is 59.9 Å². The van der Waals surface area contributed by atoms with Crippen molar-refractivity contribution in [2.45, 2.75) is 218 Å². The predicted octanol–water partition coefficient (Wildman–Crippen LogP) is 10.6. The Bertz CT molecular complexity index is 2360. The van der Waals surface area contributed by atoms with Crippen LogP contribution in [0.25, 0.3) is 0 Å². The van der Waals surface area contributed by atoms with E-state index >= 15 is 0 Å². The molecule has 6 rings (SSSR count). The molecule has 0 aliphatic carbocycles. The van der Waals surface area contributed by atoms with Crippen molar-refractivity contribution in [3.63, 3.8) is 0 Å². The maximum atomic E-state index is 6.88. The summed E-state index contributed by atoms with van der Waals surface area (Å²) in [5, 5.41) is 2.75. The molecule has 21 unspecified atom stereocenters. The largest absolute Gasteiger partial charge is 0.340 e. The molecule has 6 aliphatic heterocycles. The number of hydrogen-bond donors (Lipinski definition) is 0. The average Bonchev–Trinajstić information content (AvgIpc) is 1.51. The second kappa shape index (κ2) is 35.0. The van der Waals surface area contributed by atoms with Gasteiger partial charge in [-0.1, -0.05) is 188 Å². The van der Waals surface area contributed by atoms with Crippen molar-refractivity contribution in [2.75, 3.05) is 0 Å². The van der Waals surface area contributed by atoms with Gasteiger partial charge in [0, 0.05) is 147 Å². The molecule has 0 bridgehead atoms. The van der Waals surface area contributed by atoms with Gasteiger partial charge in [0.1, 0.15) is 0 Å². The van der Waals surface area contributed by atoms with Gasteiger partial charge in [0.05, 0.1) is 0 Å². The third kappa shape index (κ3) is 17.5. The first kappa shape index (κ1) is 101. The summed E-state index contributed by atoms with van der Waals surface area (Å²) in [5.74, 6) is -5.59. The van der Waals surface area contributed by atoms with Crippen LogP contribution in [0.1, 0.15) is 0 Å². The van der Waals surface area contributed by atoms with Crippen LogP contribution in [-0.4, -0.2) is 269 Å². The highest BCUT2D eigenvalue weighted by Crippen LogP contribution is 2.64. The van der Waals surface area contributed by atoms with Crippen molar-refractivity contribution in [1.82, 2.24) is 0 Å². The Morgan fingerprint density at radius 1 is 0.411 bits per heavy atom. The third-order valence-electron chi connectivity index (χ3n) is 29.5. The molecule has 0 aromatic heterocycles. The molecule has 0 spiro atoms. The van der Waals surface area contributed by atoms with Gasteiger partial charge in [-0.3, -0.25) is 0 Å². The number of halogens is 20. The molecule has 6 saturated heterocycles. The van der Waals surface area contributed by atoms with Gasteiger partial charge >= 0.3 is 16.6 Å². The third-order valence-corrected chi connectivity index (χ3v) is 679. The Morgan fingerprint density at radius 3 is 0.989 bits per heavy atom. The van der Waals surface area contributed by atoms with E-state index in [2.05, 4.69) is 118 Å². The van der Waals surface area contributed by atoms with Crippen LogP contribution in [0.2, 0.25) is 218 Å². The Hall–Kier alpha value is 13.4. The van der Waals surface area contributed by atoms with Crippen LogP contribution in [0.4, 0.5) is 0 Å². The van der Waals surface area contributed by atoms with Gasteiger partial charge in [0.2, 0.25) is 18.3 Å². The van der Waals surface area contributed by atoms with E-state index in [0.717, 1.165) is 24.2 Å². The fraction of sp³-hybridized carbons (Fsp3) is 1.00. The first-order chi connectivity index (χ1) is 39.5. The summed E-state index contributed by atoms with van der Waals surface area (Å²) < 4.78 is 0. The minimum absolute atomic E-state index is 0.158. The molecule has 6 fully saturated rings. The predicted molar refractivity (Wildman–Crippen MR) is 550 cm³/mol. The van der Waals surface area contributed by atoms with E-state index in [-0.39, 0.29) is 7.83 Å². The van der Waals surface area contributed by atoms with Gasteiger partial charge in [-0.15, -0.1) is 99.7 Å². The SMILES string of the molecule is C[SiH2][Si]1(C)C([SiH3])[Si](C)(C[SiH3])[Si](C)([SiH2]C)[Si]1(C)[SiH2]C.C[SiH2][Si]1(C)CC([SiH3])[Si](C)(C[SiH3])[SiH]1C.C[SiH2][Si]1(C)CC([SiH3])[Si](C)(C[SiH3])[Si]1(C)[SiH2]C.C[Si]1(Cl)CC[Si](C)(Cl)[Si]1(Cl)Cl.C[Si]1(Cl)CC[Si](C)(Cl)[Si]1(Cl)[Si](Cl)(Cl)Cl.C[Si]1(Cl)C[Si](Cl)([Si](Cl)(Cl)Cl)[Si](C)(Cl)[Si]1(Cl)[Si](Cl)(Cl)Cl. The molecule has 6 aliphatic rings. The molecule has 0 aromatic rings. The molecule has 21 atom stereocenters. The Morgan fingerprint density at radius 2 is 0.778 bits per heavy atom. The highest BCUT2D eigenvalue weighted by atomic mass is 35.9. The van der Waals surface area contributed by atoms with Crippen LogP contribution in [0.15, 0.2) is 0 Å². The average molecular weight is 2230 g/mol. The van der Waals surface area contributed by atoms with Crippen LogP contribution in [0.3, 0.4) is 0 Å². The van der Waals surface area contributed by atoms with Crippen molar-refractivity contribution < 1.29 is 0 Å². The van der Waals surface area contributed by atoms with Gasteiger partial charge in [0.15, 0.2) is 40.9 Å². The lowest BCUT2D eigenvalue weighted by molar-refractivity contribution is 1.26. The summed E-state index contributed by atoms with van der Waals surface area (Å²) in [7, 11) is 7.79. The van der Waals surface area contributed by atoms with E-state index < -0.39 is 145 Å². The molecular weight excluding hydrogens is 2110 g/mol. The van der Waals surface area contributed by atoms with Crippen molar-refractivity contribution in [1.29, 1.82) is 0 Å². The lowest BCUT2D eigenvalue weighted by Crippen LogP contribution is -2.80. The highest BCUT2D eigenvalue weighted by molar-refractivity contribution is 8.36. The maximum absolute atomic E-state index is 6.88. The number of hydrogen-bond acceptors (Lipinski definition) is 0. The molecule has 0 amide bonds. The minimum Gasteiger partial charge on any atom is -0.172 e. The van der Waals surface area contributed by atoms with Crippen molar-refractivity contribution in [2.24, 2.45) is 0 Å². The summed E-state index contributed by atoms with van der Waals surface area (Å²) in [6.45, 7) is 45.1. The van der Waals surface area contributed by atoms with Crippen molar-refractivity contribution >= 4 is 491 Å². The molecule has 55 heteroatoms. The van der Waals surface area contributed by atoms with Gasteiger partial charge in [0.25, 0.3) is 5.73 Å². The van der Waals surface area contributed by atoms with Crippen LogP contribution < -0.4 is 0 Å². The zero-order valence-corrected chi connectivity index (χ0v) is 119. The van der Waals surface area contributed by atoms with Crippen LogP contribution in [0, 0.1) is 0 Å². The van der Waals surface area contributed by atoms with Gasteiger partial charge in [-0.25, -0.2) is 0 Å². The molecule has 0 aromatic carbocycles. The second-order valence-electron chi connectivity index (χ2n) is 32.2. The fourth-order valence-electron chi connectivity index (χ4n) is 19.5. The Balaban J connectivity index is 0.000000544. The topological polar surface area (TPSA) is 0 Å². The monoisotopic (exact) mass is 2220 g/mol. The highest BCUT2D eigenvalue weighted by Gasteiger charge is 2.89. The number of rotatable bonds is 12. The molecular formula is C35H120Cl20Si35. The molecule has 90 heavy (non-hydrogen) atoms. The van der Waals surface area contributed by atoms with Crippen LogP contribution in [0.5, 0.6) is 0 Å². The molecule has 0 N–H and O–H groups in total. The Kier molecular flexibility index (Phi) is 39.4. The van der Waals surface area contributed by atoms with Crippen LogP contribution in [-0.2, 0) is 0 Å². The van der Waals surface area contributed by atoms with E-state index in [4.69, 9.17) is 222 Å². The fourth-order valence-corrected chi connectivity index (χ4v) is 958. The van der Waals surface area contributed by atoms with Gasteiger partial charge < -0.3 is 0 Å². The molecule has 540 valence electrons. The summed E-state index contributed by atoms with van der Waals surface area (Å²) in [6, 6.07) is 7.55. The first-order valence-electron chi connectivity index (χ1n) is 33.3. The van der Waals surface area contributed by atoms with Crippen molar-refractivity contribution in [3.05, 3.63) is 0 Å². The minimum atomic E-state index is -3.31. The molecule has 0 nitrogen and oxygen atoms in total. The van der Waals surface area contributed by atoms with Crippen molar-refractivity contribution in [3.8, 4) is 0 Å². The summed E-state index contributed by atoms with van der Waals surface area (Å²) >= 11 is 128. The molecule has 0 radical (unpaired) electrons. The lowest BCUT2D eigenvalue weighted by Gasteiger charge is -2.49. The van der Waals surface area contributed by atoms with Crippen LogP contribution >= 0.6 is 222 Å².